The van der Waals surface area contributed by atoms with Crippen LogP contribution in [-0.4, -0.2) is 45.6 Å². The number of ketones is 1. The number of nitrogens with one attached hydrogen (secondary N) is 2. The Balaban J connectivity index is 1.81. The number of nitrogens with zero attached hydrogens (tertiary/aromatic N) is 1. The molecule has 172 valence electrons. The summed E-state index contributed by atoms with van der Waals surface area (Å²) in [7, 11) is 1.57. The third kappa shape index (κ3) is 4.57. The van der Waals surface area contributed by atoms with Crippen molar-refractivity contribution in [3.63, 3.8) is 0 Å². The first kappa shape index (κ1) is 23.6. The quantitative estimate of drug-likeness (QED) is 0.485. The zero-order valence-corrected chi connectivity index (χ0v) is 18.5. The van der Waals surface area contributed by atoms with Crippen molar-refractivity contribution in [3.05, 3.63) is 52.1 Å². The molecule has 0 aliphatic heterocycles. The molecule has 2 aromatic rings. The molecule has 3 rings (SSSR count). The summed E-state index contributed by atoms with van der Waals surface area (Å²) in [5.41, 5.74) is 1.83. The van der Waals surface area contributed by atoms with Crippen LogP contribution in [0.25, 0.3) is 0 Å². The van der Waals surface area contributed by atoms with Gasteiger partial charge in [-0.05, 0) is 62.9 Å². The monoisotopic (exact) mass is 447 g/mol. The Bertz CT molecular complexity index is 1080. The fourth-order valence-electron chi connectivity index (χ4n) is 4.15. The highest BCUT2D eigenvalue weighted by atomic mass is 19.1. The first-order valence-electron chi connectivity index (χ1n) is 10.4. The molecule has 0 unspecified atom stereocenters. The smallest absolute Gasteiger partial charge is 0.294 e. The van der Waals surface area contributed by atoms with E-state index in [2.05, 4.69) is 10.6 Å². The predicted octanol–water partition coefficient (Wildman–Crippen LogP) is 2.89. The number of halogens is 2. The molecule has 1 aliphatic carbocycles. The Hall–Kier alpha value is -3.07. The Morgan fingerprint density at radius 2 is 1.84 bits per heavy atom. The van der Waals surface area contributed by atoms with Crippen molar-refractivity contribution in [1.82, 2.24) is 9.88 Å². The lowest BCUT2D eigenvalue weighted by Gasteiger charge is -2.29. The average Bonchev–Trinajstić information content (AvgIpc) is 2.94. The molecule has 2 amide bonds. The molecule has 32 heavy (non-hydrogen) atoms. The number of carbonyl (C=O) groups is 3. The second-order valence-electron chi connectivity index (χ2n) is 8.30. The van der Waals surface area contributed by atoms with Crippen molar-refractivity contribution < 1.29 is 28.3 Å². The number of aromatic nitrogens is 1. The SMILES string of the molecule is Cc1cc(NC(=O)c2c(C)c(C(=O)C(=O)N[C@@H]3CC[C@@H](O)C[C@@H]3F)n(C)c2C)ccc1F. The normalized spacial score (nSPS) is 20.7. The van der Waals surface area contributed by atoms with Crippen LogP contribution in [0, 0.1) is 26.6 Å². The van der Waals surface area contributed by atoms with Crippen LogP contribution < -0.4 is 10.6 Å². The lowest BCUT2D eigenvalue weighted by molar-refractivity contribution is -0.118. The van der Waals surface area contributed by atoms with Gasteiger partial charge in [0, 0.05) is 24.8 Å². The summed E-state index contributed by atoms with van der Waals surface area (Å²) in [6.07, 6.45) is -1.70. The van der Waals surface area contributed by atoms with Gasteiger partial charge >= 0.3 is 0 Å². The predicted molar refractivity (Wildman–Crippen MR) is 115 cm³/mol. The first-order chi connectivity index (χ1) is 15.0. The largest absolute Gasteiger partial charge is 0.393 e. The number of aliphatic hydroxyl groups is 1. The molecule has 3 atom stereocenters. The fraction of sp³-hybridized carbons (Fsp3) is 0.435. The molecule has 1 aliphatic rings. The lowest BCUT2D eigenvalue weighted by Crippen LogP contribution is -2.48. The molecule has 0 saturated heterocycles. The number of Topliss-reactive ketones (excluding diaryl/α,β-unsaturated/α-hetero) is 1. The summed E-state index contributed by atoms with van der Waals surface area (Å²) in [6, 6.07) is 3.33. The lowest BCUT2D eigenvalue weighted by atomic mass is 9.91. The van der Waals surface area contributed by atoms with E-state index in [1.807, 2.05) is 0 Å². The summed E-state index contributed by atoms with van der Waals surface area (Å²) in [4.78, 5) is 38.3. The molecule has 7 nitrogen and oxygen atoms in total. The van der Waals surface area contributed by atoms with Crippen molar-refractivity contribution in [2.45, 2.75) is 58.4 Å². The van der Waals surface area contributed by atoms with Crippen LogP contribution in [0.15, 0.2) is 18.2 Å². The number of hydrogen-bond acceptors (Lipinski definition) is 4. The first-order valence-corrected chi connectivity index (χ1v) is 10.4. The summed E-state index contributed by atoms with van der Waals surface area (Å²) in [5, 5.41) is 14.6. The van der Waals surface area contributed by atoms with Gasteiger partial charge in [0.15, 0.2) is 0 Å². The maximum absolute atomic E-state index is 14.2. The zero-order chi connectivity index (χ0) is 23.7. The Morgan fingerprint density at radius 1 is 1.16 bits per heavy atom. The topological polar surface area (TPSA) is 100 Å². The number of alkyl halides is 1. The summed E-state index contributed by atoms with van der Waals surface area (Å²) >= 11 is 0. The molecule has 1 heterocycles. The molecule has 9 heteroatoms. The fourth-order valence-corrected chi connectivity index (χ4v) is 4.15. The molecule has 3 N–H and O–H groups in total. The van der Waals surface area contributed by atoms with E-state index >= 15 is 0 Å². The number of amides is 2. The van der Waals surface area contributed by atoms with E-state index in [0.717, 1.165) is 0 Å². The molecular formula is C23H27F2N3O4. The maximum atomic E-state index is 14.2. The highest BCUT2D eigenvalue weighted by Gasteiger charge is 2.34. The number of anilines is 1. The van der Waals surface area contributed by atoms with Crippen molar-refractivity contribution in [3.8, 4) is 0 Å². The van der Waals surface area contributed by atoms with E-state index < -0.39 is 41.7 Å². The number of benzene rings is 1. The van der Waals surface area contributed by atoms with Gasteiger partial charge in [0.05, 0.1) is 23.4 Å². The number of hydrogen-bond donors (Lipinski definition) is 3. The van der Waals surface area contributed by atoms with Gasteiger partial charge in [-0.1, -0.05) is 0 Å². The van der Waals surface area contributed by atoms with Gasteiger partial charge in [-0.2, -0.15) is 0 Å². The zero-order valence-electron chi connectivity index (χ0n) is 18.5. The molecule has 1 fully saturated rings. The van der Waals surface area contributed by atoms with Crippen molar-refractivity contribution >= 4 is 23.3 Å². The molecule has 1 aromatic carbocycles. The Kier molecular flexibility index (Phi) is 6.78. The van der Waals surface area contributed by atoms with Crippen LogP contribution in [-0.2, 0) is 11.8 Å². The molecule has 1 saturated carbocycles. The standard InChI is InChI=1S/C23H27F2N3O4/c1-11-9-14(5-7-16(11)24)26-22(31)19-12(2)20(28(4)13(19)3)21(30)23(32)27-18-8-6-15(29)10-17(18)25/h5,7,9,15,17-18,29H,6,8,10H2,1-4H3,(H,26,31)(H,27,32)/t15-,17+,18-/m1/s1. The second kappa shape index (κ2) is 9.20. The summed E-state index contributed by atoms with van der Waals surface area (Å²) in [5.74, 6) is -2.72. The number of aliphatic hydroxyl groups excluding tert-OH is 1. The molecular weight excluding hydrogens is 420 g/mol. The third-order valence-corrected chi connectivity index (χ3v) is 6.06. The second-order valence-corrected chi connectivity index (χ2v) is 8.30. The maximum Gasteiger partial charge on any atom is 0.294 e. The van der Waals surface area contributed by atoms with E-state index in [-0.39, 0.29) is 24.1 Å². The van der Waals surface area contributed by atoms with Crippen LogP contribution in [0.3, 0.4) is 0 Å². The van der Waals surface area contributed by atoms with Crippen molar-refractivity contribution in [2.75, 3.05) is 5.32 Å². The summed E-state index contributed by atoms with van der Waals surface area (Å²) in [6.45, 7) is 4.79. The minimum Gasteiger partial charge on any atom is -0.393 e. The van der Waals surface area contributed by atoms with Gasteiger partial charge in [0.2, 0.25) is 0 Å². The minimum atomic E-state index is -1.44. The minimum absolute atomic E-state index is 0.0340. The molecule has 0 spiro atoms. The Morgan fingerprint density at radius 3 is 2.47 bits per heavy atom. The van der Waals surface area contributed by atoms with E-state index in [1.54, 1.807) is 27.8 Å². The van der Waals surface area contributed by atoms with E-state index in [0.29, 0.717) is 28.9 Å². The summed E-state index contributed by atoms with van der Waals surface area (Å²) < 4.78 is 29.1. The van der Waals surface area contributed by atoms with Crippen molar-refractivity contribution in [2.24, 2.45) is 7.05 Å². The van der Waals surface area contributed by atoms with Gasteiger partial charge in [-0.25, -0.2) is 8.78 Å². The highest BCUT2D eigenvalue weighted by molar-refractivity contribution is 6.43. The van der Waals surface area contributed by atoms with Crippen LogP contribution in [0.5, 0.6) is 0 Å². The molecule has 0 radical (unpaired) electrons. The van der Waals surface area contributed by atoms with E-state index in [1.165, 1.54) is 22.8 Å². The number of rotatable bonds is 5. The third-order valence-electron chi connectivity index (χ3n) is 6.06. The van der Waals surface area contributed by atoms with E-state index in [9.17, 15) is 28.3 Å². The number of carbonyl (C=O) groups excluding carboxylic acids is 3. The van der Waals surface area contributed by atoms with Crippen LogP contribution in [0.1, 0.15) is 56.9 Å². The molecule has 0 bridgehead atoms. The Labute approximate surface area is 184 Å². The number of aryl methyl sites for hydroxylation is 1. The van der Waals surface area contributed by atoms with Crippen molar-refractivity contribution in [1.29, 1.82) is 0 Å². The van der Waals surface area contributed by atoms with Gasteiger partial charge in [-0.3, -0.25) is 14.4 Å². The highest BCUT2D eigenvalue weighted by Crippen LogP contribution is 2.25. The van der Waals surface area contributed by atoms with Crippen LogP contribution >= 0.6 is 0 Å². The van der Waals surface area contributed by atoms with Gasteiger partial charge in [0.25, 0.3) is 17.6 Å². The van der Waals surface area contributed by atoms with Crippen LogP contribution in [0.2, 0.25) is 0 Å². The average molecular weight is 447 g/mol. The molecule has 1 aromatic heterocycles. The van der Waals surface area contributed by atoms with Crippen LogP contribution in [0.4, 0.5) is 14.5 Å². The van der Waals surface area contributed by atoms with Gasteiger partial charge < -0.3 is 20.3 Å². The van der Waals surface area contributed by atoms with E-state index in [4.69, 9.17) is 0 Å². The van der Waals surface area contributed by atoms with Gasteiger partial charge in [0.1, 0.15) is 12.0 Å². The van der Waals surface area contributed by atoms with Gasteiger partial charge in [-0.15, -0.1) is 0 Å².